The molecular formula is C14H12N2OS2. The molecule has 0 saturated heterocycles. The van der Waals surface area contributed by atoms with Crippen LogP contribution in [0, 0.1) is 0 Å². The predicted octanol–water partition coefficient (Wildman–Crippen LogP) is 4.05. The molecule has 0 spiro atoms. The van der Waals surface area contributed by atoms with Crippen LogP contribution < -0.4 is 0 Å². The smallest absolute Gasteiger partial charge is 0.128 e. The number of hydrogen-bond acceptors (Lipinski definition) is 5. The Kier molecular flexibility index (Phi) is 3.77. The third kappa shape index (κ3) is 2.63. The zero-order valence-electron chi connectivity index (χ0n) is 10.4. The molecule has 5 heteroatoms. The van der Waals surface area contributed by atoms with Gasteiger partial charge in [-0.15, -0.1) is 11.3 Å². The molecule has 2 heterocycles. The highest BCUT2D eigenvalue weighted by Gasteiger charge is 2.10. The number of fused-ring (bicyclic) bond motifs is 1. The number of aromatic nitrogens is 2. The number of hydrogen-bond donors (Lipinski definition) is 0. The van der Waals surface area contributed by atoms with Gasteiger partial charge in [0, 0.05) is 17.4 Å². The maximum atomic E-state index is 5.09. The number of ether oxygens (including phenoxy) is 1. The summed E-state index contributed by atoms with van der Waals surface area (Å²) in [6.45, 7) is 0. The second-order valence-electron chi connectivity index (χ2n) is 3.93. The molecule has 0 N–H and O–H groups in total. The van der Waals surface area contributed by atoms with Gasteiger partial charge in [0.25, 0.3) is 0 Å². The molecule has 19 heavy (non-hydrogen) atoms. The zero-order valence-corrected chi connectivity index (χ0v) is 12.0. The van der Waals surface area contributed by atoms with Crippen molar-refractivity contribution in [3.05, 3.63) is 42.7 Å². The lowest BCUT2D eigenvalue weighted by Crippen LogP contribution is -1.86. The molecule has 0 amide bonds. The van der Waals surface area contributed by atoms with E-state index in [0.29, 0.717) is 5.94 Å². The van der Waals surface area contributed by atoms with Gasteiger partial charge < -0.3 is 4.74 Å². The van der Waals surface area contributed by atoms with Crippen LogP contribution in [0.4, 0.5) is 0 Å². The first-order chi connectivity index (χ1) is 9.38. The lowest BCUT2D eigenvalue weighted by Gasteiger charge is -1.99. The highest BCUT2D eigenvalue weighted by atomic mass is 32.2. The maximum Gasteiger partial charge on any atom is 0.128 e. The van der Waals surface area contributed by atoms with E-state index in [-0.39, 0.29) is 0 Å². The second kappa shape index (κ2) is 5.69. The van der Waals surface area contributed by atoms with Gasteiger partial charge in [-0.05, 0) is 11.6 Å². The Balaban J connectivity index is 2.05. The second-order valence-corrected chi connectivity index (χ2v) is 5.87. The van der Waals surface area contributed by atoms with Crippen LogP contribution in [0.25, 0.3) is 20.7 Å². The topological polar surface area (TPSA) is 35.0 Å². The van der Waals surface area contributed by atoms with Crippen LogP contribution in [0.5, 0.6) is 0 Å². The minimum Gasteiger partial charge on any atom is -0.374 e. The van der Waals surface area contributed by atoms with Gasteiger partial charge in [0.05, 0.1) is 5.94 Å². The minimum atomic E-state index is 0.600. The lowest BCUT2D eigenvalue weighted by molar-refractivity contribution is 0.258. The van der Waals surface area contributed by atoms with Crippen LogP contribution in [0.1, 0.15) is 0 Å². The molecule has 0 radical (unpaired) electrons. The van der Waals surface area contributed by atoms with Crippen molar-refractivity contribution in [2.75, 3.05) is 13.0 Å². The quantitative estimate of drug-likeness (QED) is 0.412. The average Bonchev–Trinajstić information content (AvgIpc) is 2.90. The van der Waals surface area contributed by atoms with Gasteiger partial charge in [0.15, 0.2) is 0 Å². The van der Waals surface area contributed by atoms with E-state index in [1.807, 2.05) is 18.2 Å². The number of thiophene rings is 1. The fraction of sp³-hybridized carbons (Fsp3) is 0.143. The van der Waals surface area contributed by atoms with E-state index in [0.717, 1.165) is 15.2 Å². The van der Waals surface area contributed by atoms with Gasteiger partial charge in [0.2, 0.25) is 0 Å². The van der Waals surface area contributed by atoms with Crippen molar-refractivity contribution in [1.82, 2.24) is 9.97 Å². The Morgan fingerprint density at radius 1 is 1.21 bits per heavy atom. The van der Waals surface area contributed by atoms with Gasteiger partial charge >= 0.3 is 0 Å². The van der Waals surface area contributed by atoms with Crippen LogP contribution in [-0.2, 0) is 4.74 Å². The molecule has 0 unspecified atom stereocenters. The summed E-state index contributed by atoms with van der Waals surface area (Å²) in [6, 6.07) is 12.5. The van der Waals surface area contributed by atoms with Gasteiger partial charge in [-0.3, -0.25) is 0 Å². The van der Waals surface area contributed by atoms with Crippen LogP contribution in [0.15, 0.2) is 47.8 Å². The molecule has 0 aliphatic carbocycles. The van der Waals surface area contributed by atoms with Crippen LogP contribution in [0.3, 0.4) is 0 Å². The molecule has 0 saturated carbocycles. The number of nitrogens with zero attached hydrogens (tertiary/aromatic N) is 2. The summed E-state index contributed by atoms with van der Waals surface area (Å²) in [4.78, 5) is 10.9. The van der Waals surface area contributed by atoms with Crippen LogP contribution >= 0.6 is 23.1 Å². The molecule has 0 bridgehead atoms. The molecule has 3 rings (SSSR count). The van der Waals surface area contributed by atoms with Crippen LogP contribution in [-0.4, -0.2) is 23.0 Å². The standard InChI is InChI=1S/C14H12N2OS2/c1-17-9-18-13-11-7-12(10-5-3-2-4-6-10)19-14(11)16-8-15-13/h2-8H,9H2,1H3. The highest BCUT2D eigenvalue weighted by molar-refractivity contribution is 7.99. The van der Waals surface area contributed by atoms with Crippen molar-refractivity contribution in [2.45, 2.75) is 5.03 Å². The summed E-state index contributed by atoms with van der Waals surface area (Å²) in [7, 11) is 1.69. The molecule has 0 aliphatic rings. The Morgan fingerprint density at radius 2 is 2.05 bits per heavy atom. The van der Waals surface area contributed by atoms with Gasteiger partial charge in [-0.25, -0.2) is 9.97 Å². The van der Waals surface area contributed by atoms with E-state index in [1.54, 1.807) is 36.5 Å². The largest absolute Gasteiger partial charge is 0.374 e. The summed E-state index contributed by atoms with van der Waals surface area (Å²) in [5, 5.41) is 2.08. The third-order valence-electron chi connectivity index (χ3n) is 2.66. The van der Waals surface area contributed by atoms with E-state index in [1.165, 1.54) is 10.4 Å². The Bertz CT molecular complexity index is 682. The SMILES string of the molecule is COCSc1ncnc2sc(-c3ccccc3)cc12. The molecule has 0 atom stereocenters. The zero-order chi connectivity index (χ0) is 13.1. The molecule has 1 aromatic carbocycles. The number of thioether (sulfide) groups is 1. The third-order valence-corrected chi connectivity index (χ3v) is 4.71. The first-order valence-electron chi connectivity index (χ1n) is 5.80. The number of benzene rings is 1. The summed E-state index contributed by atoms with van der Waals surface area (Å²) in [5.41, 5.74) is 1.22. The van der Waals surface area contributed by atoms with E-state index < -0.39 is 0 Å². The summed E-state index contributed by atoms with van der Waals surface area (Å²) < 4.78 is 5.09. The van der Waals surface area contributed by atoms with Crippen molar-refractivity contribution >= 4 is 33.3 Å². The van der Waals surface area contributed by atoms with Crippen molar-refractivity contribution < 1.29 is 4.74 Å². The van der Waals surface area contributed by atoms with Crippen molar-refractivity contribution in [1.29, 1.82) is 0 Å². The van der Waals surface area contributed by atoms with Crippen LogP contribution in [0.2, 0.25) is 0 Å². The summed E-state index contributed by atoms with van der Waals surface area (Å²) in [6.07, 6.45) is 1.62. The summed E-state index contributed by atoms with van der Waals surface area (Å²) in [5.74, 6) is 0.600. The minimum absolute atomic E-state index is 0.600. The van der Waals surface area contributed by atoms with E-state index >= 15 is 0 Å². The fourth-order valence-corrected chi connectivity index (χ4v) is 3.54. The molecule has 3 aromatic rings. The molecule has 2 aromatic heterocycles. The van der Waals surface area contributed by atoms with Gasteiger partial charge in [-0.2, -0.15) is 0 Å². The molecule has 96 valence electrons. The molecule has 0 aliphatic heterocycles. The molecule has 0 fully saturated rings. The average molecular weight is 288 g/mol. The lowest BCUT2D eigenvalue weighted by atomic mass is 10.2. The Morgan fingerprint density at radius 3 is 2.84 bits per heavy atom. The first kappa shape index (κ1) is 12.6. The van der Waals surface area contributed by atoms with Crippen molar-refractivity contribution in [3.8, 4) is 10.4 Å². The van der Waals surface area contributed by atoms with Crippen molar-refractivity contribution in [2.24, 2.45) is 0 Å². The highest BCUT2D eigenvalue weighted by Crippen LogP contribution is 2.35. The summed E-state index contributed by atoms with van der Waals surface area (Å²) >= 11 is 3.28. The van der Waals surface area contributed by atoms with E-state index in [9.17, 15) is 0 Å². The first-order valence-corrected chi connectivity index (χ1v) is 7.60. The maximum absolute atomic E-state index is 5.09. The Labute approximate surface area is 119 Å². The number of methoxy groups -OCH3 is 1. The molecular weight excluding hydrogens is 276 g/mol. The van der Waals surface area contributed by atoms with Gasteiger partial charge in [-0.1, -0.05) is 42.1 Å². The molecule has 3 nitrogen and oxygen atoms in total. The van der Waals surface area contributed by atoms with E-state index in [4.69, 9.17) is 4.74 Å². The monoisotopic (exact) mass is 288 g/mol. The Hall–Kier alpha value is -1.43. The normalized spacial score (nSPS) is 11.0. The predicted molar refractivity (Wildman–Crippen MR) is 80.6 cm³/mol. The number of rotatable bonds is 4. The fourth-order valence-electron chi connectivity index (χ4n) is 1.81. The van der Waals surface area contributed by atoms with Crippen molar-refractivity contribution in [3.63, 3.8) is 0 Å². The van der Waals surface area contributed by atoms with Gasteiger partial charge in [0.1, 0.15) is 16.2 Å². The van der Waals surface area contributed by atoms with E-state index in [2.05, 4.69) is 28.2 Å².